The molecular formula is C28H31BrN3O3PS64. The van der Waals surface area contributed by atoms with Crippen molar-refractivity contribution in [1.29, 1.82) is 0 Å². The Balaban J connectivity index is 0.000000661. The molecule has 1 atom stereocenters. The topological polar surface area (TPSA) is 85.2 Å². The van der Waals surface area contributed by atoms with E-state index in [0.717, 1.165) is 46.3 Å². The Kier molecular flexibility index (Phi) is 93.4. The summed E-state index contributed by atoms with van der Waals surface area (Å²) < 4.78 is 20.8. The smallest absolute Gasteiger partial charge is 0.206 e. The molecule has 6 rings (SSSR count). The molecule has 0 bridgehead atoms. The molecule has 572 valence electrons. The molecule has 1 unspecified atom stereocenters. The number of hydrogen-bond acceptors (Lipinski definition) is 13. The average Bonchev–Trinajstić information content (AvgIpc) is 1.71. The van der Waals surface area contributed by atoms with E-state index in [1.807, 2.05) is 313 Å². The second-order valence-corrected chi connectivity index (χ2v) is 119. The molecule has 0 amide bonds. The Morgan fingerprint density at radius 3 is 0.740 bits per heavy atom. The number of fused-ring (bicyclic) bond motifs is 3. The van der Waals surface area contributed by atoms with E-state index in [9.17, 15) is 4.57 Å². The number of aliphatic hydroxyl groups excluding tert-OH is 1. The Morgan fingerprint density at radius 2 is 0.540 bits per heavy atom. The number of aliphatic hydroxyl groups is 1. The maximum Gasteiger partial charge on any atom is 0.206 e. The number of para-hydroxylation sites is 3. The summed E-state index contributed by atoms with van der Waals surface area (Å²) in [5.41, 5.74) is 3.05. The van der Waals surface area contributed by atoms with Crippen molar-refractivity contribution < 1.29 is 14.2 Å². The monoisotopic (exact) mass is 2610 g/mol. The summed E-state index contributed by atoms with van der Waals surface area (Å²) in [6.45, 7) is 4.05. The van der Waals surface area contributed by atoms with Crippen LogP contribution in [0.2, 0.25) is 0 Å². The third-order valence-corrected chi connectivity index (χ3v) is 135. The van der Waals surface area contributed by atoms with Gasteiger partial charge in [-0.25, -0.2) is 15.0 Å². The first-order valence-corrected chi connectivity index (χ1v) is 106. The molecule has 3 aromatic heterocycles. The van der Waals surface area contributed by atoms with Crippen LogP contribution in [0.4, 0.5) is 0 Å². The van der Waals surface area contributed by atoms with Gasteiger partial charge in [0.25, 0.3) is 0 Å². The van der Waals surface area contributed by atoms with E-state index in [-0.39, 0.29) is 14.0 Å². The normalized spacial score (nSPS) is 9.40. The van der Waals surface area contributed by atoms with Gasteiger partial charge in [-0.15, -0.1) is 34.0 Å². The number of aromatic nitrogens is 3. The maximum atomic E-state index is 12.0. The SMILES string of the molecule is BrCc1nc2ccccc2s1.C.CCOP(C)(=O)Cc1nc2ccccc2s1.OCc1nc2ccccc2s1.S=S=S=S=S=S=S=S=S=S=S=S=S=S=S=S=S=S=S=S=S=S=S=S=S=S=S=S=S=S.S=S=S=S=S=S=S=S=S=S=S=S=S=S=S=S=S=S=S=S=S=S=S=S=S=S=S=S=S=S=S. The highest BCUT2D eigenvalue weighted by Crippen LogP contribution is 2.47. The lowest BCUT2D eigenvalue weighted by Crippen LogP contribution is -1.91. The minimum atomic E-state index is -2.52. The van der Waals surface area contributed by atoms with Gasteiger partial charge in [0.1, 0.15) is 15.0 Å². The van der Waals surface area contributed by atoms with E-state index >= 15 is 0 Å². The molecule has 100 heavy (non-hydrogen) atoms. The van der Waals surface area contributed by atoms with Crippen molar-refractivity contribution in [1.82, 2.24) is 15.0 Å². The molecule has 0 spiro atoms. The van der Waals surface area contributed by atoms with Gasteiger partial charge < -0.3 is 9.63 Å². The molecule has 6 nitrogen and oxygen atoms in total. The molecule has 0 aliphatic rings. The van der Waals surface area contributed by atoms with Crippen molar-refractivity contribution in [2.24, 2.45) is 0 Å². The highest BCUT2D eigenvalue weighted by atomic mass is 79.9. The second kappa shape index (κ2) is 85.4. The Hall–Kier alpha value is 11.4. The summed E-state index contributed by atoms with van der Waals surface area (Å²) >= 11 is 27.4. The number of thiazole rings is 3. The predicted octanol–water partition coefficient (Wildman–Crippen LogP) is 9.21. The molecule has 3 heterocycles. The fraction of sp³-hybridized carbons (Fsp3) is 0.250. The van der Waals surface area contributed by atoms with Gasteiger partial charge in [0, 0.05) is 558 Å². The van der Waals surface area contributed by atoms with Crippen LogP contribution in [0.15, 0.2) is 72.8 Å². The molecule has 3 aromatic carbocycles. The molecule has 0 fully saturated rings. The van der Waals surface area contributed by atoms with E-state index in [1.54, 1.807) is 260 Å². The molecule has 1 N–H and O–H groups in total. The standard InChI is InChI=1S/C11H14NO2PS.C8H6BrNS.C8H7NOS.CH4.S31.S30/c1-3-14-15(2,13)8-11-12-9-6-4-5-7-10(9)16-11;9-5-8-10-6-3-1-2-4-7(6)11-8;10-5-8-9-6-3-1-2-4-7(6)11-8;;1-3-5-7-9-11-13-15-17-19-21-23-25-27-29-31-30-28-26-24-22-20-18-16-14-12-10-8-6-4-2;1-3-5-7-9-11-13-15-17-19-21-23-25-27-29-30-28-26-24-22-20-18-16-14-12-10-8-6-4-2/h4-7H,3,8H2,1-2H3;1-4H,5H2;1-4,10H,5H2;1H4;;. The highest BCUT2D eigenvalue weighted by molar-refractivity contribution is 9.08. The molecule has 0 aliphatic carbocycles. The maximum absolute atomic E-state index is 12.0. The van der Waals surface area contributed by atoms with Crippen molar-refractivity contribution in [3.8, 4) is 0 Å². The van der Waals surface area contributed by atoms with Crippen LogP contribution in [-0.2, 0) is 578 Å². The number of halogens is 1. The lowest BCUT2D eigenvalue weighted by atomic mass is 10.3. The lowest BCUT2D eigenvalue weighted by molar-refractivity contribution is 0.281. The van der Waals surface area contributed by atoms with Crippen molar-refractivity contribution in [2.75, 3.05) is 13.3 Å². The van der Waals surface area contributed by atoms with Gasteiger partial charge in [-0.05, 0) is 43.3 Å². The van der Waals surface area contributed by atoms with Crippen molar-refractivity contribution >= 4 is 639 Å². The van der Waals surface area contributed by atoms with E-state index < -0.39 is 7.37 Å². The highest BCUT2D eigenvalue weighted by Gasteiger charge is 2.18. The van der Waals surface area contributed by atoms with E-state index in [1.165, 1.54) is 51.6 Å². The van der Waals surface area contributed by atoms with Crippen LogP contribution in [-0.4, -0.2) is 33.3 Å². The number of rotatable bonds is 6. The van der Waals surface area contributed by atoms with Crippen LogP contribution in [0.3, 0.4) is 0 Å². The van der Waals surface area contributed by atoms with Crippen LogP contribution in [0.25, 0.3) is 30.6 Å². The second-order valence-electron chi connectivity index (χ2n) is 12.0. The Labute approximate surface area is 781 Å². The summed E-state index contributed by atoms with van der Waals surface area (Å²) in [7, 11) is 97.5. The lowest BCUT2D eigenvalue weighted by Gasteiger charge is -2.09. The minimum absolute atomic E-state index is 0. The third kappa shape index (κ3) is 69.1. The quantitative estimate of drug-likeness (QED) is 0.129. The fourth-order valence-electron chi connectivity index (χ4n) is 4.12. The number of hydrogen-bond donors (Lipinski definition) is 1. The molecule has 0 aliphatic heterocycles. The zero-order valence-electron chi connectivity index (χ0n) is 45.8. The summed E-state index contributed by atoms with van der Waals surface area (Å²) in [6, 6.07) is 24.0. The van der Waals surface area contributed by atoms with Gasteiger partial charge in [-0.2, -0.15) is 0 Å². The van der Waals surface area contributed by atoms with Gasteiger partial charge in [0.2, 0.25) is 7.37 Å². The molecule has 6 aromatic rings. The first-order chi connectivity index (χ1) is 48.7. The van der Waals surface area contributed by atoms with E-state index in [2.05, 4.69) is 36.9 Å². The third-order valence-electron chi connectivity index (χ3n) is 6.62. The fourth-order valence-corrected chi connectivity index (χ4v) is 155. The zero-order valence-corrected chi connectivity index (χ0v) is 101. The Bertz CT molecular complexity index is 6240. The van der Waals surface area contributed by atoms with Gasteiger partial charge >= 0.3 is 0 Å². The number of benzene rings is 3. The summed E-state index contributed by atoms with van der Waals surface area (Å²) in [5, 5.41) is 12.5. The van der Waals surface area contributed by atoms with Crippen LogP contribution < -0.4 is 0 Å². The number of alkyl halides is 1. The van der Waals surface area contributed by atoms with Crippen LogP contribution >= 0.6 is 57.3 Å². The van der Waals surface area contributed by atoms with Crippen molar-refractivity contribution in [3.05, 3.63) is 87.8 Å². The van der Waals surface area contributed by atoms with Crippen molar-refractivity contribution in [2.45, 2.75) is 32.4 Å². The average molecular weight is 2620 g/mol. The summed E-state index contributed by atoms with van der Waals surface area (Å²) in [4.78, 5) is 13.0. The van der Waals surface area contributed by atoms with Crippen LogP contribution in [0, 0.1) is 0 Å². The molecule has 0 radical (unpaired) electrons. The number of nitrogens with zero attached hydrogens (tertiary/aromatic N) is 3. The molecule has 0 saturated carbocycles. The summed E-state index contributed by atoms with van der Waals surface area (Å²) in [6.07, 6.45) is 0.431. The van der Waals surface area contributed by atoms with Crippen molar-refractivity contribution in [3.63, 3.8) is 0 Å². The Morgan fingerprint density at radius 1 is 0.350 bits per heavy atom. The molecule has 72 heteroatoms. The van der Waals surface area contributed by atoms with Crippen LogP contribution in [0.5, 0.6) is 0 Å². The minimum Gasteiger partial charge on any atom is -0.389 e. The molecular weight excluding hydrogens is 2590 g/mol. The first-order valence-electron chi connectivity index (χ1n) is 21.7. The first kappa shape index (κ1) is 109. The predicted molar refractivity (Wildman–Crippen MR) is 622 cm³/mol. The van der Waals surface area contributed by atoms with Gasteiger partial charge in [-0.1, -0.05) is 59.8 Å². The van der Waals surface area contributed by atoms with E-state index in [0.29, 0.717) is 12.8 Å². The largest absolute Gasteiger partial charge is 0.389 e. The van der Waals surface area contributed by atoms with E-state index in [4.69, 9.17) is 54.4 Å². The van der Waals surface area contributed by atoms with Crippen LogP contribution in [0.1, 0.15) is 29.4 Å². The van der Waals surface area contributed by atoms with Gasteiger partial charge in [0.15, 0.2) is 0 Å². The molecule has 0 saturated heterocycles. The zero-order chi connectivity index (χ0) is 71.3. The summed E-state index contributed by atoms with van der Waals surface area (Å²) in [5.74, 6) is 0. The van der Waals surface area contributed by atoms with Gasteiger partial charge in [0.05, 0.1) is 55.4 Å². The van der Waals surface area contributed by atoms with Gasteiger partial charge in [-0.3, -0.25) is 4.57 Å².